The van der Waals surface area contributed by atoms with Crippen LogP contribution in [0.15, 0.2) is 6.07 Å². The maximum atomic E-state index is 12.9. The van der Waals surface area contributed by atoms with Gasteiger partial charge in [-0.1, -0.05) is 0 Å². The highest BCUT2D eigenvalue weighted by molar-refractivity contribution is 5.50. The SMILES string of the molecule is CCNc1cc(N2CCC(OC)CC2)nc(C(F)(F)F)n1. The number of methoxy groups -OCH3 is 1. The van der Waals surface area contributed by atoms with Gasteiger partial charge in [-0.05, 0) is 19.8 Å². The third kappa shape index (κ3) is 3.96. The van der Waals surface area contributed by atoms with Gasteiger partial charge in [0.15, 0.2) is 0 Å². The minimum Gasteiger partial charge on any atom is -0.381 e. The van der Waals surface area contributed by atoms with Crippen molar-refractivity contribution in [2.45, 2.75) is 32.0 Å². The first-order chi connectivity index (χ1) is 9.94. The molecular formula is C13H19F3N4O. The number of rotatable bonds is 4. The monoisotopic (exact) mass is 304 g/mol. The van der Waals surface area contributed by atoms with Gasteiger partial charge in [-0.2, -0.15) is 13.2 Å². The van der Waals surface area contributed by atoms with Crippen LogP contribution < -0.4 is 10.2 Å². The molecule has 1 aromatic rings. The van der Waals surface area contributed by atoms with Crippen molar-refractivity contribution in [3.05, 3.63) is 11.9 Å². The molecule has 0 amide bonds. The molecule has 1 N–H and O–H groups in total. The number of nitrogens with one attached hydrogen (secondary N) is 1. The lowest BCUT2D eigenvalue weighted by Crippen LogP contribution is -2.37. The van der Waals surface area contributed by atoms with Crippen LogP contribution in [0.5, 0.6) is 0 Å². The van der Waals surface area contributed by atoms with Gasteiger partial charge >= 0.3 is 6.18 Å². The summed E-state index contributed by atoms with van der Waals surface area (Å²) in [6.07, 6.45) is -2.83. The summed E-state index contributed by atoms with van der Waals surface area (Å²) >= 11 is 0. The van der Waals surface area contributed by atoms with Crippen LogP contribution >= 0.6 is 0 Å². The molecule has 0 aliphatic carbocycles. The van der Waals surface area contributed by atoms with Crippen molar-refractivity contribution in [2.75, 3.05) is 37.0 Å². The van der Waals surface area contributed by atoms with Crippen LogP contribution in [0, 0.1) is 0 Å². The Morgan fingerprint density at radius 3 is 2.52 bits per heavy atom. The summed E-state index contributed by atoms with van der Waals surface area (Å²) in [5.74, 6) is -0.601. The third-order valence-corrected chi connectivity index (χ3v) is 3.42. The van der Waals surface area contributed by atoms with Gasteiger partial charge in [0.1, 0.15) is 11.6 Å². The van der Waals surface area contributed by atoms with Crippen molar-refractivity contribution in [2.24, 2.45) is 0 Å². The lowest BCUT2D eigenvalue weighted by atomic mass is 10.1. The molecule has 2 rings (SSSR count). The molecule has 0 aromatic carbocycles. The minimum absolute atomic E-state index is 0.165. The molecule has 118 valence electrons. The first kappa shape index (κ1) is 15.8. The first-order valence-electron chi connectivity index (χ1n) is 6.92. The van der Waals surface area contributed by atoms with Crippen LogP contribution in [0.1, 0.15) is 25.6 Å². The Kier molecular flexibility index (Phi) is 4.87. The fraction of sp³-hybridized carbons (Fsp3) is 0.692. The second-order valence-corrected chi connectivity index (χ2v) is 4.89. The Morgan fingerprint density at radius 1 is 1.33 bits per heavy atom. The van der Waals surface area contributed by atoms with Gasteiger partial charge in [0.25, 0.3) is 0 Å². The van der Waals surface area contributed by atoms with E-state index in [1.807, 2.05) is 4.90 Å². The Bertz CT molecular complexity index is 473. The summed E-state index contributed by atoms with van der Waals surface area (Å²) in [5.41, 5.74) is 0. The smallest absolute Gasteiger partial charge is 0.381 e. The van der Waals surface area contributed by atoms with E-state index in [2.05, 4.69) is 15.3 Å². The van der Waals surface area contributed by atoms with E-state index in [1.54, 1.807) is 20.1 Å². The molecule has 5 nitrogen and oxygen atoms in total. The summed E-state index contributed by atoms with van der Waals surface area (Å²) in [7, 11) is 1.65. The molecule has 1 aliphatic heterocycles. The highest BCUT2D eigenvalue weighted by Gasteiger charge is 2.36. The zero-order valence-electron chi connectivity index (χ0n) is 12.1. The van der Waals surface area contributed by atoms with Crippen LogP contribution in [-0.2, 0) is 10.9 Å². The lowest BCUT2D eigenvalue weighted by Gasteiger charge is -2.32. The number of aromatic nitrogens is 2. The molecule has 2 heterocycles. The normalized spacial score (nSPS) is 17.1. The number of halogens is 3. The van der Waals surface area contributed by atoms with Crippen molar-refractivity contribution < 1.29 is 17.9 Å². The number of alkyl halides is 3. The van der Waals surface area contributed by atoms with Crippen LogP contribution in [0.2, 0.25) is 0 Å². The number of piperidine rings is 1. The summed E-state index contributed by atoms with van der Waals surface area (Å²) in [6.45, 7) is 3.55. The molecule has 0 unspecified atom stereocenters. The largest absolute Gasteiger partial charge is 0.451 e. The van der Waals surface area contributed by atoms with Crippen LogP contribution in [0.25, 0.3) is 0 Å². The zero-order chi connectivity index (χ0) is 15.5. The predicted molar refractivity (Wildman–Crippen MR) is 73.4 cm³/mol. The van der Waals surface area contributed by atoms with Gasteiger partial charge in [0, 0.05) is 32.8 Å². The van der Waals surface area contributed by atoms with Gasteiger partial charge in [0.2, 0.25) is 5.82 Å². The van der Waals surface area contributed by atoms with Crippen molar-refractivity contribution in [3.63, 3.8) is 0 Å². The van der Waals surface area contributed by atoms with E-state index in [0.717, 1.165) is 12.8 Å². The van der Waals surface area contributed by atoms with E-state index in [1.165, 1.54) is 0 Å². The molecule has 0 atom stereocenters. The van der Waals surface area contributed by atoms with Crippen LogP contribution in [0.3, 0.4) is 0 Å². The predicted octanol–water partition coefficient (Wildman–Crippen LogP) is 2.54. The van der Waals surface area contributed by atoms with Crippen LogP contribution in [-0.4, -0.2) is 42.8 Å². The van der Waals surface area contributed by atoms with E-state index >= 15 is 0 Å². The summed E-state index contributed by atoms with van der Waals surface area (Å²) in [5, 5.41) is 2.82. The third-order valence-electron chi connectivity index (χ3n) is 3.42. The highest BCUT2D eigenvalue weighted by Crippen LogP contribution is 2.30. The molecular weight excluding hydrogens is 285 g/mol. The zero-order valence-corrected chi connectivity index (χ0v) is 12.1. The van der Waals surface area contributed by atoms with Gasteiger partial charge < -0.3 is 15.0 Å². The van der Waals surface area contributed by atoms with Gasteiger partial charge in [-0.3, -0.25) is 0 Å². The summed E-state index contributed by atoms with van der Waals surface area (Å²) in [4.78, 5) is 9.03. The Labute approximate surface area is 121 Å². The molecule has 1 saturated heterocycles. The molecule has 1 aliphatic rings. The number of anilines is 2. The van der Waals surface area contributed by atoms with Crippen molar-refractivity contribution in [1.29, 1.82) is 0 Å². The number of hydrogen-bond donors (Lipinski definition) is 1. The van der Waals surface area contributed by atoms with E-state index < -0.39 is 12.0 Å². The average molecular weight is 304 g/mol. The summed E-state index contributed by atoms with van der Waals surface area (Å²) in [6, 6.07) is 1.56. The number of nitrogens with zero attached hydrogens (tertiary/aromatic N) is 3. The topological polar surface area (TPSA) is 50.3 Å². The maximum absolute atomic E-state index is 12.9. The van der Waals surface area contributed by atoms with E-state index in [0.29, 0.717) is 25.5 Å². The maximum Gasteiger partial charge on any atom is 0.451 e. The molecule has 0 spiro atoms. The van der Waals surface area contributed by atoms with Gasteiger partial charge in [-0.15, -0.1) is 0 Å². The van der Waals surface area contributed by atoms with E-state index in [4.69, 9.17) is 4.74 Å². The lowest BCUT2D eigenvalue weighted by molar-refractivity contribution is -0.144. The molecule has 1 fully saturated rings. The van der Waals surface area contributed by atoms with Gasteiger partial charge in [0.05, 0.1) is 6.10 Å². The molecule has 8 heteroatoms. The standard InChI is InChI=1S/C13H19F3N4O/c1-3-17-10-8-11(19-12(18-10)13(14,15)16)20-6-4-9(21-2)5-7-20/h8-9H,3-7H2,1-2H3,(H,17,18,19). The second-order valence-electron chi connectivity index (χ2n) is 4.89. The minimum atomic E-state index is -4.55. The number of ether oxygens (including phenoxy) is 1. The fourth-order valence-electron chi connectivity index (χ4n) is 2.32. The van der Waals surface area contributed by atoms with Crippen molar-refractivity contribution in [3.8, 4) is 0 Å². The van der Waals surface area contributed by atoms with E-state index in [-0.39, 0.29) is 11.9 Å². The van der Waals surface area contributed by atoms with Crippen LogP contribution in [0.4, 0.5) is 24.8 Å². The average Bonchev–Trinajstić information content (AvgIpc) is 2.46. The molecule has 0 bridgehead atoms. The van der Waals surface area contributed by atoms with Crippen molar-refractivity contribution in [1.82, 2.24) is 9.97 Å². The fourth-order valence-corrected chi connectivity index (χ4v) is 2.32. The Hall–Kier alpha value is -1.57. The van der Waals surface area contributed by atoms with Crippen molar-refractivity contribution >= 4 is 11.6 Å². The molecule has 0 saturated carbocycles. The Balaban J connectivity index is 2.24. The van der Waals surface area contributed by atoms with E-state index in [9.17, 15) is 13.2 Å². The molecule has 0 radical (unpaired) electrons. The highest BCUT2D eigenvalue weighted by atomic mass is 19.4. The molecule has 1 aromatic heterocycles. The summed E-state index contributed by atoms with van der Waals surface area (Å²) < 4.78 is 43.9. The number of hydrogen-bond acceptors (Lipinski definition) is 5. The Morgan fingerprint density at radius 2 is 2.00 bits per heavy atom. The molecule has 21 heavy (non-hydrogen) atoms. The van der Waals surface area contributed by atoms with Gasteiger partial charge in [-0.25, -0.2) is 9.97 Å². The first-order valence-corrected chi connectivity index (χ1v) is 6.92. The quantitative estimate of drug-likeness (QED) is 0.926. The second kappa shape index (κ2) is 6.46.